The third-order valence-corrected chi connectivity index (χ3v) is 2.36. The molecule has 70 valence electrons. The highest BCUT2D eigenvalue weighted by atomic mass is 16.2. The lowest BCUT2D eigenvalue weighted by Gasteiger charge is -2.26. The van der Waals surface area contributed by atoms with Gasteiger partial charge >= 0.3 is 0 Å². The molecule has 1 heterocycles. The Hall–Kier alpha value is -0.340. The molecule has 0 aromatic heterocycles. The summed E-state index contributed by atoms with van der Waals surface area (Å²) in [5.74, 6) is 0. The maximum atomic E-state index is 8.67. The predicted molar refractivity (Wildman–Crippen MR) is 51.1 cm³/mol. The topological polar surface area (TPSA) is 23.5 Å². The Bertz CT molecular complexity index is 148. The molecule has 0 spiro atoms. The van der Waals surface area contributed by atoms with E-state index >= 15 is 0 Å². The molecule has 0 unspecified atom stereocenters. The molecular formula is C10H19NO. The molecule has 0 amide bonds. The van der Waals surface area contributed by atoms with E-state index in [1.54, 1.807) is 0 Å². The van der Waals surface area contributed by atoms with Crippen LogP contribution in [-0.2, 0) is 0 Å². The van der Waals surface area contributed by atoms with E-state index < -0.39 is 0 Å². The fourth-order valence-electron chi connectivity index (χ4n) is 1.69. The number of hydrogen-bond donors (Lipinski definition) is 1. The quantitative estimate of drug-likeness (QED) is 0.646. The van der Waals surface area contributed by atoms with Gasteiger partial charge in [0.1, 0.15) is 0 Å². The van der Waals surface area contributed by atoms with Crippen LogP contribution in [-0.4, -0.2) is 36.2 Å². The van der Waals surface area contributed by atoms with Gasteiger partial charge in [-0.2, -0.15) is 0 Å². The minimum absolute atomic E-state index is 0.180. The van der Waals surface area contributed by atoms with Gasteiger partial charge in [-0.3, -0.25) is 4.90 Å². The van der Waals surface area contributed by atoms with E-state index in [-0.39, 0.29) is 6.61 Å². The second-order valence-electron chi connectivity index (χ2n) is 3.57. The van der Waals surface area contributed by atoms with E-state index in [0.29, 0.717) is 0 Å². The van der Waals surface area contributed by atoms with Crippen LogP contribution in [0.15, 0.2) is 11.6 Å². The van der Waals surface area contributed by atoms with Gasteiger partial charge in [0.05, 0.1) is 6.61 Å². The third-order valence-electron chi connectivity index (χ3n) is 2.36. The Balaban J connectivity index is 2.24. The molecule has 0 saturated carbocycles. The Morgan fingerprint density at radius 2 is 2.00 bits per heavy atom. The highest BCUT2D eigenvalue weighted by Crippen LogP contribution is 2.10. The van der Waals surface area contributed by atoms with Crippen molar-refractivity contribution in [2.75, 3.05) is 26.2 Å². The first kappa shape index (κ1) is 9.75. The van der Waals surface area contributed by atoms with Crippen molar-refractivity contribution in [3.63, 3.8) is 0 Å². The Kier molecular flexibility index (Phi) is 4.33. The zero-order valence-corrected chi connectivity index (χ0v) is 7.92. The maximum absolute atomic E-state index is 8.67. The number of aliphatic hydroxyl groups excluding tert-OH is 1. The van der Waals surface area contributed by atoms with Gasteiger partial charge in [0.25, 0.3) is 0 Å². The van der Waals surface area contributed by atoms with Crippen molar-refractivity contribution in [2.24, 2.45) is 0 Å². The van der Waals surface area contributed by atoms with Crippen molar-refractivity contribution >= 4 is 0 Å². The first-order valence-corrected chi connectivity index (χ1v) is 4.82. The SMILES string of the molecule is C/C(=C\CO)CN1CCCCC1. The lowest BCUT2D eigenvalue weighted by Crippen LogP contribution is -2.31. The van der Waals surface area contributed by atoms with Crippen LogP contribution in [0.2, 0.25) is 0 Å². The highest BCUT2D eigenvalue weighted by molar-refractivity contribution is 5.00. The van der Waals surface area contributed by atoms with Crippen molar-refractivity contribution in [1.82, 2.24) is 4.90 Å². The first-order chi connectivity index (χ1) is 5.83. The number of piperidine rings is 1. The lowest BCUT2D eigenvalue weighted by molar-refractivity contribution is 0.245. The maximum Gasteiger partial charge on any atom is 0.0615 e. The lowest BCUT2D eigenvalue weighted by atomic mass is 10.1. The zero-order chi connectivity index (χ0) is 8.81. The summed E-state index contributed by atoms with van der Waals surface area (Å²) in [6, 6.07) is 0. The van der Waals surface area contributed by atoms with Crippen LogP contribution in [0.5, 0.6) is 0 Å². The van der Waals surface area contributed by atoms with Gasteiger partial charge in [-0.15, -0.1) is 0 Å². The summed E-state index contributed by atoms with van der Waals surface area (Å²) < 4.78 is 0. The molecule has 0 bridgehead atoms. The molecule has 1 saturated heterocycles. The Morgan fingerprint density at radius 1 is 1.33 bits per heavy atom. The van der Waals surface area contributed by atoms with Crippen LogP contribution < -0.4 is 0 Å². The summed E-state index contributed by atoms with van der Waals surface area (Å²) >= 11 is 0. The number of nitrogens with zero attached hydrogens (tertiary/aromatic N) is 1. The van der Waals surface area contributed by atoms with E-state index in [1.165, 1.54) is 37.9 Å². The number of likely N-dealkylation sites (tertiary alicyclic amines) is 1. The monoisotopic (exact) mass is 169 g/mol. The number of rotatable bonds is 3. The molecule has 1 N–H and O–H groups in total. The Labute approximate surface area is 74.9 Å². The molecule has 1 rings (SSSR count). The molecule has 12 heavy (non-hydrogen) atoms. The van der Waals surface area contributed by atoms with Crippen molar-refractivity contribution in [1.29, 1.82) is 0 Å². The van der Waals surface area contributed by atoms with E-state index in [0.717, 1.165) is 6.54 Å². The molecule has 1 fully saturated rings. The van der Waals surface area contributed by atoms with Gasteiger partial charge in [0, 0.05) is 6.54 Å². The smallest absolute Gasteiger partial charge is 0.0615 e. The molecular weight excluding hydrogens is 150 g/mol. The summed E-state index contributed by atoms with van der Waals surface area (Å²) in [5, 5.41) is 8.67. The summed E-state index contributed by atoms with van der Waals surface area (Å²) in [6.07, 6.45) is 5.96. The largest absolute Gasteiger partial charge is 0.392 e. The van der Waals surface area contributed by atoms with Gasteiger partial charge < -0.3 is 5.11 Å². The van der Waals surface area contributed by atoms with Gasteiger partial charge in [0.15, 0.2) is 0 Å². The average Bonchev–Trinajstić information content (AvgIpc) is 2.06. The van der Waals surface area contributed by atoms with Crippen LogP contribution in [0, 0.1) is 0 Å². The molecule has 1 aliphatic heterocycles. The Morgan fingerprint density at radius 3 is 2.58 bits per heavy atom. The van der Waals surface area contributed by atoms with Crippen LogP contribution >= 0.6 is 0 Å². The number of aliphatic hydroxyl groups is 1. The van der Waals surface area contributed by atoms with Crippen molar-refractivity contribution in [2.45, 2.75) is 26.2 Å². The standard InChI is InChI=1S/C10H19NO/c1-10(5-8-12)9-11-6-3-2-4-7-11/h5,12H,2-4,6-9H2,1H3/b10-5+. The summed E-state index contributed by atoms with van der Waals surface area (Å²) in [7, 11) is 0. The molecule has 1 aliphatic rings. The second kappa shape index (κ2) is 5.33. The van der Waals surface area contributed by atoms with Crippen LogP contribution in [0.1, 0.15) is 26.2 Å². The van der Waals surface area contributed by atoms with Crippen LogP contribution in [0.4, 0.5) is 0 Å². The summed E-state index contributed by atoms with van der Waals surface area (Å²) in [6.45, 7) is 5.78. The van der Waals surface area contributed by atoms with Gasteiger partial charge in [-0.05, 0) is 32.9 Å². The normalized spacial score (nSPS) is 21.3. The average molecular weight is 169 g/mol. The fourth-order valence-corrected chi connectivity index (χ4v) is 1.69. The molecule has 0 aromatic carbocycles. The van der Waals surface area contributed by atoms with E-state index in [4.69, 9.17) is 5.11 Å². The second-order valence-corrected chi connectivity index (χ2v) is 3.57. The van der Waals surface area contributed by atoms with Crippen molar-refractivity contribution < 1.29 is 5.11 Å². The molecule has 0 aromatic rings. The minimum atomic E-state index is 0.180. The zero-order valence-electron chi connectivity index (χ0n) is 7.92. The summed E-state index contributed by atoms with van der Waals surface area (Å²) in [5.41, 5.74) is 1.29. The molecule has 0 atom stereocenters. The molecule has 0 aliphatic carbocycles. The van der Waals surface area contributed by atoms with E-state index in [1.807, 2.05) is 6.08 Å². The predicted octanol–water partition coefficient (Wildman–Crippen LogP) is 1.41. The van der Waals surface area contributed by atoms with Crippen LogP contribution in [0.3, 0.4) is 0 Å². The number of hydrogen-bond acceptors (Lipinski definition) is 2. The molecule has 2 nitrogen and oxygen atoms in total. The van der Waals surface area contributed by atoms with E-state index in [2.05, 4.69) is 11.8 Å². The third kappa shape index (κ3) is 3.37. The van der Waals surface area contributed by atoms with Crippen molar-refractivity contribution in [3.8, 4) is 0 Å². The highest BCUT2D eigenvalue weighted by Gasteiger charge is 2.09. The fraction of sp³-hybridized carbons (Fsp3) is 0.800. The molecule has 2 heteroatoms. The minimum Gasteiger partial charge on any atom is -0.392 e. The van der Waals surface area contributed by atoms with Gasteiger partial charge in [-0.1, -0.05) is 18.1 Å². The molecule has 0 radical (unpaired) electrons. The van der Waals surface area contributed by atoms with Crippen LogP contribution in [0.25, 0.3) is 0 Å². The first-order valence-electron chi connectivity index (χ1n) is 4.82. The van der Waals surface area contributed by atoms with Crippen molar-refractivity contribution in [3.05, 3.63) is 11.6 Å². The van der Waals surface area contributed by atoms with E-state index in [9.17, 15) is 0 Å². The summed E-state index contributed by atoms with van der Waals surface area (Å²) in [4.78, 5) is 2.46. The van der Waals surface area contributed by atoms with Gasteiger partial charge in [-0.25, -0.2) is 0 Å². The van der Waals surface area contributed by atoms with Gasteiger partial charge in [0.2, 0.25) is 0 Å².